The molecule has 0 fully saturated rings. The molecule has 1 atom stereocenters. The molecule has 20 heavy (non-hydrogen) atoms. The Morgan fingerprint density at radius 2 is 2.00 bits per heavy atom. The minimum absolute atomic E-state index is 0.402. The standard InChI is InChI=1S/C17H23NOS/c1-3-18-15(17-16(19-2)12-13-20-17)11-7-10-14-8-5-4-6-9-14/h4-6,8-9,12-13,15,18H,3,7,10-11H2,1-2H3. The van der Waals surface area contributed by atoms with E-state index in [4.69, 9.17) is 4.74 Å². The van der Waals surface area contributed by atoms with Crippen LogP contribution in [0.15, 0.2) is 41.8 Å². The average molecular weight is 289 g/mol. The molecule has 1 aromatic heterocycles. The molecule has 0 aliphatic rings. The van der Waals surface area contributed by atoms with E-state index in [1.807, 2.05) is 0 Å². The van der Waals surface area contributed by atoms with Gasteiger partial charge in [-0.15, -0.1) is 11.3 Å². The highest BCUT2D eigenvalue weighted by Crippen LogP contribution is 2.33. The molecular formula is C17H23NOS. The predicted molar refractivity (Wildman–Crippen MR) is 86.7 cm³/mol. The van der Waals surface area contributed by atoms with Crippen molar-refractivity contribution >= 4 is 11.3 Å². The van der Waals surface area contributed by atoms with Crippen molar-refractivity contribution in [3.8, 4) is 5.75 Å². The van der Waals surface area contributed by atoms with Crippen LogP contribution in [0, 0.1) is 0 Å². The number of aryl methyl sites for hydroxylation is 1. The minimum atomic E-state index is 0.402. The van der Waals surface area contributed by atoms with Crippen LogP contribution in [0.3, 0.4) is 0 Å². The van der Waals surface area contributed by atoms with Crippen molar-refractivity contribution in [3.63, 3.8) is 0 Å². The first-order chi connectivity index (χ1) is 9.85. The number of rotatable bonds is 8. The van der Waals surface area contributed by atoms with Crippen molar-refractivity contribution in [1.82, 2.24) is 5.32 Å². The summed E-state index contributed by atoms with van der Waals surface area (Å²) in [6, 6.07) is 13.2. The van der Waals surface area contributed by atoms with Crippen molar-refractivity contribution in [3.05, 3.63) is 52.2 Å². The van der Waals surface area contributed by atoms with E-state index in [0.717, 1.165) is 25.1 Å². The van der Waals surface area contributed by atoms with Gasteiger partial charge in [0.1, 0.15) is 5.75 Å². The molecule has 0 saturated carbocycles. The summed E-state index contributed by atoms with van der Waals surface area (Å²) in [4.78, 5) is 1.32. The molecule has 0 amide bonds. The Morgan fingerprint density at radius 1 is 1.20 bits per heavy atom. The lowest BCUT2D eigenvalue weighted by Gasteiger charge is -2.18. The molecule has 0 bridgehead atoms. The van der Waals surface area contributed by atoms with Crippen LogP contribution < -0.4 is 10.1 Å². The first-order valence-electron chi connectivity index (χ1n) is 7.23. The Hall–Kier alpha value is -1.32. The number of methoxy groups -OCH3 is 1. The summed E-state index contributed by atoms with van der Waals surface area (Å²) in [5, 5.41) is 5.68. The second-order valence-corrected chi connectivity index (χ2v) is 5.79. The Labute approximate surface area is 125 Å². The zero-order valence-corrected chi connectivity index (χ0v) is 13.1. The zero-order chi connectivity index (χ0) is 14.2. The third kappa shape index (κ3) is 4.09. The largest absolute Gasteiger partial charge is 0.496 e. The van der Waals surface area contributed by atoms with Gasteiger partial charge in [0.15, 0.2) is 0 Å². The van der Waals surface area contributed by atoms with Gasteiger partial charge in [-0.2, -0.15) is 0 Å². The molecule has 1 aromatic carbocycles. The van der Waals surface area contributed by atoms with E-state index >= 15 is 0 Å². The number of nitrogens with one attached hydrogen (secondary N) is 1. The predicted octanol–water partition coefficient (Wildman–Crippen LogP) is 4.43. The van der Waals surface area contributed by atoms with Crippen molar-refractivity contribution < 1.29 is 4.74 Å². The van der Waals surface area contributed by atoms with Gasteiger partial charge < -0.3 is 10.1 Å². The topological polar surface area (TPSA) is 21.3 Å². The number of hydrogen-bond donors (Lipinski definition) is 1. The van der Waals surface area contributed by atoms with Crippen molar-refractivity contribution in [2.24, 2.45) is 0 Å². The van der Waals surface area contributed by atoms with Gasteiger partial charge in [-0.25, -0.2) is 0 Å². The van der Waals surface area contributed by atoms with Gasteiger partial charge in [-0.3, -0.25) is 0 Å². The molecule has 1 unspecified atom stereocenters. The zero-order valence-electron chi connectivity index (χ0n) is 12.3. The molecule has 0 radical (unpaired) electrons. The molecule has 3 heteroatoms. The molecular weight excluding hydrogens is 266 g/mol. The third-order valence-electron chi connectivity index (χ3n) is 3.45. The summed E-state index contributed by atoms with van der Waals surface area (Å²) >= 11 is 1.78. The fourth-order valence-corrected chi connectivity index (χ4v) is 3.43. The normalized spacial score (nSPS) is 12.3. The third-order valence-corrected chi connectivity index (χ3v) is 4.46. The van der Waals surface area contributed by atoms with Crippen LogP contribution >= 0.6 is 11.3 Å². The maximum Gasteiger partial charge on any atom is 0.134 e. The van der Waals surface area contributed by atoms with Crippen molar-refractivity contribution in [2.75, 3.05) is 13.7 Å². The number of benzene rings is 1. The molecule has 0 aliphatic carbocycles. The Morgan fingerprint density at radius 3 is 2.70 bits per heavy atom. The van der Waals surface area contributed by atoms with Crippen LogP contribution in [0.4, 0.5) is 0 Å². The van der Waals surface area contributed by atoms with Crippen LogP contribution in [-0.4, -0.2) is 13.7 Å². The Balaban J connectivity index is 1.93. The van der Waals surface area contributed by atoms with Crippen LogP contribution in [0.1, 0.15) is 36.2 Å². The van der Waals surface area contributed by atoms with E-state index in [1.165, 1.54) is 16.9 Å². The molecule has 1 N–H and O–H groups in total. The van der Waals surface area contributed by atoms with Gasteiger partial charge in [0.25, 0.3) is 0 Å². The van der Waals surface area contributed by atoms with Crippen LogP contribution in [0.25, 0.3) is 0 Å². The SMILES string of the molecule is CCNC(CCCc1ccccc1)c1sccc1OC. The summed E-state index contributed by atoms with van der Waals surface area (Å²) in [6.07, 6.45) is 3.46. The highest BCUT2D eigenvalue weighted by atomic mass is 32.1. The lowest BCUT2D eigenvalue weighted by molar-refractivity contribution is 0.399. The van der Waals surface area contributed by atoms with E-state index < -0.39 is 0 Å². The molecule has 0 spiro atoms. The van der Waals surface area contributed by atoms with Crippen LogP contribution in [-0.2, 0) is 6.42 Å². The first kappa shape index (κ1) is 15.1. The highest BCUT2D eigenvalue weighted by molar-refractivity contribution is 7.10. The van der Waals surface area contributed by atoms with Gasteiger partial charge in [0.2, 0.25) is 0 Å². The fourth-order valence-electron chi connectivity index (χ4n) is 2.46. The van der Waals surface area contributed by atoms with E-state index in [0.29, 0.717) is 6.04 Å². The summed E-state index contributed by atoms with van der Waals surface area (Å²) in [7, 11) is 1.75. The molecule has 2 nitrogen and oxygen atoms in total. The van der Waals surface area contributed by atoms with Crippen molar-refractivity contribution in [1.29, 1.82) is 0 Å². The van der Waals surface area contributed by atoms with Crippen LogP contribution in [0.5, 0.6) is 5.75 Å². The summed E-state index contributed by atoms with van der Waals surface area (Å²) in [5.74, 6) is 1.01. The van der Waals surface area contributed by atoms with Gasteiger partial charge in [-0.05, 0) is 42.8 Å². The van der Waals surface area contributed by atoms with E-state index in [2.05, 4.69) is 54.0 Å². The molecule has 2 aromatic rings. The molecule has 0 saturated heterocycles. The van der Waals surface area contributed by atoms with Gasteiger partial charge in [-0.1, -0.05) is 37.3 Å². The van der Waals surface area contributed by atoms with Gasteiger partial charge in [0, 0.05) is 6.04 Å². The second-order valence-electron chi connectivity index (χ2n) is 4.84. The molecule has 0 aliphatic heterocycles. The monoisotopic (exact) mass is 289 g/mol. The molecule has 2 rings (SSSR count). The lowest BCUT2D eigenvalue weighted by Crippen LogP contribution is -2.20. The maximum atomic E-state index is 5.45. The average Bonchev–Trinajstić information content (AvgIpc) is 2.96. The quantitative estimate of drug-likeness (QED) is 0.776. The lowest BCUT2D eigenvalue weighted by atomic mass is 10.0. The van der Waals surface area contributed by atoms with E-state index in [9.17, 15) is 0 Å². The number of ether oxygens (including phenoxy) is 1. The smallest absolute Gasteiger partial charge is 0.134 e. The van der Waals surface area contributed by atoms with E-state index in [1.54, 1.807) is 18.4 Å². The maximum absolute atomic E-state index is 5.45. The van der Waals surface area contributed by atoms with Gasteiger partial charge >= 0.3 is 0 Å². The highest BCUT2D eigenvalue weighted by Gasteiger charge is 2.16. The van der Waals surface area contributed by atoms with Gasteiger partial charge in [0.05, 0.1) is 12.0 Å². The molecule has 1 heterocycles. The second kappa shape index (κ2) is 8.08. The fraction of sp³-hybridized carbons (Fsp3) is 0.412. The minimum Gasteiger partial charge on any atom is -0.496 e. The van der Waals surface area contributed by atoms with Crippen LogP contribution in [0.2, 0.25) is 0 Å². The van der Waals surface area contributed by atoms with Crippen molar-refractivity contribution in [2.45, 2.75) is 32.2 Å². The summed E-state index contributed by atoms with van der Waals surface area (Å²) in [6.45, 7) is 3.14. The summed E-state index contributed by atoms with van der Waals surface area (Å²) < 4.78 is 5.45. The van der Waals surface area contributed by atoms with E-state index in [-0.39, 0.29) is 0 Å². The summed E-state index contributed by atoms with van der Waals surface area (Å²) in [5.41, 5.74) is 1.42. The first-order valence-corrected chi connectivity index (χ1v) is 8.11. The number of thiophene rings is 1. The Kier molecular flexibility index (Phi) is 6.09. The Bertz CT molecular complexity index is 495. The number of hydrogen-bond acceptors (Lipinski definition) is 3. The molecule has 108 valence electrons.